The number of para-hydroxylation sites is 1. The molecule has 4 N–H and O–H groups in total. The molecule has 0 aliphatic heterocycles. The third-order valence-electron chi connectivity index (χ3n) is 4.72. The molecule has 0 spiro atoms. The number of phenolic OH excluding ortho intramolecular Hbond substituents is 1. The van der Waals surface area contributed by atoms with Crippen LogP contribution in [-0.2, 0) is 0 Å². The monoisotopic (exact) mass is 582 g/mol. The summed E-state index contributed by atoms with van der Waals surface area (Å²) in [6, 6.07) is 18.7. The van der Waals surface area contributed by atoms with Gasteiger partial charge in [0.1, 0.15) is 5.75 Å². The first-order chi connectivity index (χ1) is 16.9. The van der Waals surface area contributed by atoms with Gasteiger partial charge in [-0.3, -0.25) is 10.1 Å². The molecule has 176 valence electrons. The maximum atomic E-state index is 10.9. The van der Waals surface area contributed by atoms with E-state index in [0.717, 1.165) is 14.8 Å². The normalized spacial score (nSPS) is 10.8. The molecule has 0 saturated heterocycles. The third-order valence-corrected chi connectivity index (χ3v) is 5.39. The SMILES string of the molecule is Cc1ccccc1Nc1nc(NN=Cc2cc(I)ccc2O)nc(Nc2ccc([N+](=O)[O-])cc2)n1. The van der Waals surface area contributed by atoms with Gasteiger partial charge in [0.05, 0.1) is 11.1 Å². The summed E-state index contributed by atoms with van der Waals surface area (Å²) in [7, 11) is 0. The van der Waals surface area contributed by atoms with Gasteiger partial charge in [-0.1, -0.05) is 18.2 Å². The van der Waals surface area contributed by atoms with Gasteiger partial charge in [0, 0.05) is 32.6 Å². The number of aryl methyl sites for hydroxylation is 1. The molecular weight excluding hydrogens is 563 g/mol. The highest BCUT2D eigenvalue weighted by Crippen LogP contribution is 2.22. The first kappa shape index (κ1) is 23.8. The number of aromatic hydroxyl groups is 1. The molecule has 35 heavy (non-hydrogen) atoms. The highest BCUT2D eigenvalue weighted by Gasteiger charge is 2.10. The van der Waals surface area contributed by atoms with E-state index in [1.807, 2.05) is 31.2 Å². The second-order valence-electron chi connectivity index (χ2n) is 7.25. The standard InChI is InChI=1S/C23H19IN8O3/c1-14-4-2-3-5-19(14)27-22-28-21(26-17-7-9-18(10-8-17)32(34)35)29-23(30-22)31-25-13-15-12-16(24)6-11-20(15)33/h2-13,33H,1H3,(H3,26,27,28,29,30,31). The summed E-state index contributed by atoms with van der Waals surface area (Å²) in [5, 5.41) is 31.2. The van der Waals surface area contributed by atoms with Crippen LogP contribution in [0.25, 0.3) is 0 Å². The summed E-state index contributed by atoms with van der Waals surface area (Å²) in [6.45, 7) is 1.96. The molecule has 0 fully saturated rings. The summed E-state index contributed by atoms with van der Waals surface area (Å²) >= 11 is 2.14. The highest BCUT2D eigenvalue weighted by molar-refractivity contribution is 14.1. The van der Waals surface area contributed by atoms with Crippen LogP contribution in [0, 0.1) is 20.6 Å². The number of hydrogen-bond acceptors (Lipinski definition) is 10. The Hall–Kier alpha value is -4.33. The zero-order valence-corrected chi connectivity index (χ0v) is 20.5. The molecule has 1 heterocycles. The number of hydrogen-bond donors (Lipinski definition) is 4. The van der Waals surface area contributed by atoms with Crippen LogP contribution in [-0.4, -0.2) is 31.2 Å². The molecule has 0 atom stereocenters. The molecule has 0 amide bonds. The van der Waals surface area contributed by atoms with Gasteiger partial charge in [0.15, 0.2) is 0 Å². The van der Waals surface area contributed by atoms with Crippen LogP contribution in [0.3, 0.4) is 0 Å². The van der Waals surface area contributed by atoms with Crippen LogP contribution in [0.1, 0.15) is 11.1 Å². The van der Waals surface area contributed by atoms with Crippen molar-refractivity contribution in [3.05, 3.63) is 91.5 Å². The fourth-order valence-electron chi connectivity index (χ4n) is 2.96. The number of aromatic nitrogens is 3. The summed E-state index contributed by atoms with van der Waals surface area (Å²) in [5.74, 6) is 0.684. The average Bonchev–Trinajstić information content (AvgIpc) is 2.83. The second kappa shape index (κ2) is 10.7. The number of benzene rings is 3. The number of nitrogens with one attached hydrogen (secondary N) is 3. The minimum Gasteiger partial charge on any atom is -0.507 e. The fraction of sp³-hybridized carbons (Fsp3) is 0.0435. The van der Waals surface area contributed by atoms with Gasteiger partial charge in [-0.2, -0.15) is 20.1 Å². The molecule has 4 rings (SSSR count). The molecule has 4 aromatic rings. The van der Waals surface area contributed by atoms with Gasteiger partial charge < -0.3 is 15.7 Å². The van der Waals surface area contributed by atoms with Gasteiger partial charge in [-0.25, -0.2) is 5.43 Å². The van der Waals surface area contributed by atoms with Gasteiger partial charge >= 0.3 is 0 Å². The van der Waals surface area contributed by atoms with Crippen molar-refractivity contribution in [2.45, 2.75) is 6.92 Å². The summed E-state index contributed by atoms with van der Waals surface area (Å²) in [5.41, 5.74) is 5.63. The molecule has 12 heteroatoms. The number of nitro groups is 1. The lowest BCUT2D eigenvalue weighted by molar-refractivity contribution is -0.384. The average molecular weight is 582 g/mol. The molecule has 3 aromatic carbocycles. The Bertz CT molecular complexity index is 1400. The van der Waals surface area contributed by atoms with Crippen molar-refractivity contribution >= 4 is 63.7 Å². The van der Waals surface area contributed by atoms with Crippen molar-refractivity contribution in [1.29, 1.82) is 0 Å². The number of phenols is 1. The minimum absolute atomic E-state index is 0.0244. The van der Waals surface area contributed by atoms with E-state index in [4.69, 9.17) is 0 Å². The molecule has 0 aliphatic carbocycles. The lowest BCUT2D eigenvalue weighted by atomic mass is 10.2. The van der Waals surface area contributed by atoms with Crippen molar-refractivity contribution in [1.82, 2.24) is 15.0 Å². The van der Waals surface area contributed by atoms with Crippen molar-refractivity contribution in [2.75, 3.05) is 16.1 Å². The van der Waals surface area contributed by atoms with E-state index in [1.165, 1.54) is 18.3 Å². The Morgan fingerprint density at radius 3 is 2.37 bits per heavy atom. The van der Waals surface area contributed by atoms with Crippen molar-refractivity contribution < 1.29 is 10.0 Å². The van der Waals surface area contributed by atoms with E-state index in [9.17, 15) is 15.2 Å². The van der Waals surface area contributed by atoms with Crippen LogP contribution in [0.4, 0.5) is 34.9 Å². The van der Waals surface area contributed by atoms with Crippen molar-refractivity contribution in [3.8, 4) is 5.75 Å². The van der Waals surface area contributed by atoms with Crippen molar-refractivity contribution in [2.24, 2.45) is 5.10 Å². The van der Waals surface area contributed by atoms with E-state index in [0.29, 0.717) is 11.3 Å². The number of halogens is 1. The quantitative estimate of drug-likeness (QED) is 0.0935. The number of hydrazone groups is 1. The summed E-state index contributed by atoms with van der Waals surface area (Å²) in [6.07, 6.45) is 1.46. The molecule has 0 bridgehead atoms. The van der Waals surface area contributed by atoms with E-state index >= 15 is 0 Å². The lowest BCUT2D eigenvalue weighted by Gasteiger charge is -2.11. The second-order valence-corrected chi connectivity index (χ2v) is 8.49. The van der Waals surface area contributed by atoms with Crippen LogP contribution < -0.4 is 16.1 Å². The van der Waals surface area contributed by atoms with E-state index in [-0.39, 0.29) is 29.3 Å². The Morgan fingerprint density at radius 2 is 1.66 bits per heavy atom. The van der Waals surface area contributed by atoms with E-state index < -0.39 is 4.92 Å². The first-order valence-corrected chi connectivity index (χ1v) is 11.3. The molecule has 1 aromatic heterocycles. The Kier molecular flexibility index (Phi) is 7.30. The van der Waals surface area contributed by atoms with Crippen LogP contribution in [0.2, 0.25) is 0 Å². The predicted octanol–water partition coefficient (Wildman–Crippen LogP) is 5.33. The summed E-state index contributed by atoms with van der Waals surface area (Å²) in [4.78, 5) is 23.5. The largest absolute Gasteiger partial charge is 0.507 e. The number of rotatable bonds is 8. The zero-order valence-electron chi connectivity index (χ0n) is 18.3. The predicted molar refractivity (Wildman–Crippen MR) is 143 cm³/mol. The molecule has 11 nitrogen and oxygen atoms in total. The van der Waals surface area contributed by atoms with Crippen LogP contribution in [0.5, 0.6) is 5.75 Å². The van der Waals surface area contributed by atoms with Gasteiger partial charge in [0.25, 0.3) is 5.69 Å². The molecule has 0 radical (unpaired) electrons. The van der Waals surface area contributed by atoms with E-state index in [2.05, 4.69) is 58.7 Å². The maximum Gasteiger partial charge on any atom is 0.269 e. The number of non-ortho nitro benzene ring substituents is 1. The van der Waals surface area contributed by atoms with Crippen LogP contribution >= 0.6 is 22.6 Å². The number of nitrogens with zero attached hydrogens (tertiary/aromatic N) is 5. The Morgan fingerprint density at radius 1 is 0.971 bits per heavy atom. The number of nitro benzene ring substituents is 1. The molecule has 0 unspecified atom stereocenters. The molecule has 0 saturated carbocycles. The van der Waals surface area contributed by atoms with Gasteiger partial charge in [-0.15, -0.1) is 0 Å². The summed E-state index contributed by atoms with van der Waals surface area (Å²) < 4.78 is 0.946. The van der Waals surface area contributed by atoms with Gasteiger partial charge in [-0.05, 0) is 71.5 Å². The molecule has 0 aliphatic rings. The zero-order chi connectivity index (χ0) is 24.8. The smallest absolute Gasteiger partial charge is 0.269 e. The third kappa shape index (κ3) is 6.38. The van der Waals surface area contributed by atoms with Crippen LogP contribution in [0.15, 0.2) is 71.8 Å². The maximum absolute atomic E-state index is 10.9. The first-order valence-electron chi connectivity index (χ1n) is 10.3. The topological polar surface area (TPSA) is 150 Å². The van der Waals surface area contributed by atoms with Gasteiger partial charge in [0.2, 0.25) is 17.8 Å². The number of anilines is 5. The molecular formula is C23H19IN8O3. The Labute approximate surface area is 213 Å². The fourth-order valence-corrected chi connectivity index (χ4v) is 3.47. The van der Waals surface area contributed by atoms with E-state index in [1.54, 1.807) is 30.3 Å². The Balaban J connectivity index is 1.61. The highest BCUT2D eigenvalue weighted by atomic mass is 127. The minimum atomic E-state index is -0.470. The lowest BCUT2D eigenvalue weighted by Crippen LogP contribution is -2.07. The van der Waals surface area contributed by atoms with Crippen molar-refractivity contribution in [3.63, 3.8) is 0 Å².